The molecule has 1 aliphatic heterocycles. The van der Waals surface area contributed by atoms with E-state index in [0.717, 1.165) is 5.92 Å². The maximum Gasteiger partial charge on any atom is 0.112 e. The molecule has 1 atom stereocenters. The van der Waals surface area contributed by atoms with Crippen LogP contribution in [0, 0.1) is 5.92 Å². The summed E-state index contributed by atoms with van der Waals surface area (Å²) in [6.07, 6.45) is 14.0. The highest BCUT2D eigenvalue weighted by atomic mass is 15.1. The lowest BCUT2D eigenvalue weighted by Crippen LogP contribution is -2.38. The van der Waals surface area contributed by atoms with E-state index in [1.807, 2.05) is 6.20 Å². The van der Waals surface area contributed by atoms with Crippen LogP contribution in [0.3, 0.4) is 0 Å². The highest BCUT2D eigenvalue weighted by Gasteiger charge is 2.26. The lowest BCUT2D eigenvalue weighted by molar-refractivity contribution is 0.157. The number of hydrogen-bond acceptors (Lipinski definition) is 2. The first-order valence-corrected chi connectivity index (χ1v) is 8.02. The number of rotatable bonds is 3. The lowest BCUT2D eigenvalue weighted by Gasteiger charge is -2.35. The Morgan fingerprint density at radius 1 is 1.16 bits per heavy atom. The van der Waals surface area contributed by atoms with Gasteiger partial charge in [0.15, 0.2) is 0 Å². The second kappa shape index (κ2) is 6.08. The third-order valence-electron chi connectivity index (χ3n) is 4.97. The van der Waals surface area contributed by atoms with Gasteiger partial charge in [0.05, 0.1) is 0 Å². The number of imidazole rings is 1. The van der Waals surface area contributed by atoms with Gasteiger partial charge in [-0.3, -0.25) is 0 Å². The molecule has 0 radical (unpaired) electrons. The van der Waals surface area contributed by atoms with Crippen LogP contribution in [0.2, 0.25) is 0 Å². The van der Waals surface area contributed by atoms with Gasteiger partial charge in [-0.25, -0.2) is 4.98 Å². The van der Waals surface area contributed by atoms with E-state index in [1.165, 1.54) is 70.4 Å². The molecule has 0 aromatic carbocycles. The molecular formula is C16H27N3. The number of likely N-dealkylation sites (tertiary alicyclic amines) is 1. The van der Waals surface area contributed by atoms with E-state index < -0.39 is 0 Å². The van der Waals surface area contributed by atoms with E-state index in [0.29, 0.717) is 5.92 Å². The van der Waals surface area contributed by atoms with E-state index in [9.17, 15) is 0 Å². The fraction of sp³-hybridized carbons (Fsp3) is 0.812. The molecule has 0 spiro atoms. The van der Waals surface area contributed by atoms with Gasteiger partial charge in [-0.1, -0.05) is 19.3 Å². The van der Waals surface area contributed by atoms with Gasteiger partial charge in [0.25, 0.3) is 0 Å². The van der Waals surface area contributed by atoms with Gasteiger partial charge in [-0.05, 0) is 38.1 Å². The first-order valence-electron chi connectivity index (χ1n) is 8.02. The minimum Gasteiger partial charge on any atom is -0.338 e. The van der Waals surface area contributed by atoms with Crippen molar-refractivity contribution in [2.75, 3.05) is 19.6 Å². The lowest BCUT2D eigenvalue weighted by atomic mass is 9.88. The van der Waals surface area contributed by atoms with Crippen LogP contribution in [-0.2, 0) is 7.05 Å². The topological polar surface area (TPSA) is 21.1 Å². The van der Waals surface area contributed by atoms with Gasteiger partial charge in [0.1, 0.15) is 5.82 Å². The zero-order valence-corrected chi connectivity index (χ0v) is 12.2. The van der Waals surface area contributed by atoms with Gasteiger partial charge < -0.3 is 9.47 Å². The summed E-state index contributed by atoms with van der Waals surface area (Å²) in [5, 5.41) is 0. The van der Waals surface area contributed by atoms with Gasteiger partial charge in [0.2, 0.25) is 0 Å². The van der Waals surface area contributed by atoms with Crippen LogP contribution in [0.4, 0.5) is 0 Å². The summed E-state index contributed by atoms with van der Waals surface area (Å²) in [7, 11) is 2.13. The first-order chi connectivity index (χ1) is 9.33. The highest BCUT2D eigenvalue weighted by molar-refractivity contribution is 5.02. The monoisotopic (exact) mass is 261 g/mol. The molecule has 2 heterocycles. The fourth-order valence-corrected chi connectivity index (χ4v) is 3.94. The van der Waals surface area contributed by atoms with Crippen LogP contribution in [0.5, 0.6) is 0 Å². The number of nitrogens with zero attached hydrogens (tertiary/aromatic N) is 3. The van der Waals surface area contributed by atoms with Crippen molar-refractivity contribution < 1.29 is 0 Å². The maximum absolute atomic E-state index is 4.56. The van der Waals surface area contributed by atoms with Gasteiger partial charge >= 0.3 is 0 Å². The van der Waals surface area contributed by atoms with Crippen LogP contribution < -0.4 is 0 Å². The SMILES string of the molecule is Cn1ccnc1[C@@H]1CCCN(CC2CCCCC2)C1. The Balaban J connectivity index is 1.57. The zero-order valence-electron chi connectivity index (χ0n) is 12.2. The van der Waals surface area contributed by atoms with Gasteiger partial charge in [-0.15, -0.1) is 0 Å². The quantitative estimate of drug-likeness (QED) is 0.833. The third-order valence-corrected chi connectivity index (χ3v) is 4.97. The van der Waals surface area contributed by atoms with Crippen molar-refractivity contribution in [1.29, 1.82) is 0 Å². The van der Waals surface area contributed by atoms with Crippen LogP contribution in [0.25, 0.3) is 0 Å². The molecule has 106 valence electrons. The average molecular weight is 261 g/mol. The Kier molecular flexibility index (Phi) is 4.21. The summed E-state index contributed by atoms with van der Waals surface area (Å²) >= 11 is 0. The summed E-state index contributed by atoms with van der Waals surface area (Å²) < 4.78 is 2.20. The first kappa shape index (κ1) is 13.2. The summed E-state index contributed by atoms with van der Waals surface area (Å²) in [5.74, 6) is 2.90. The van der Waals surface area contributed by atoms with Crippen LogP contribution in [0.1, 0.15) is 56.7 Å². The number of aryl methyl sites for hydroxylation is 1. The Hall–Kier alpha value is -0.830. The number of hydrogen-bond donors (Lipinski definition) is 0. The molecule has 0 amide bonds. The maximum atomic E-state index is 4.56. The Labute approximate surface area is 117 Å². The second-order valence-electron chi connectivity index (χ2n) is 6.50. The van der Waals surface area contributed by atoms with E-state index in [-0.39, 0.29) is 0 Å². The van der Waals surface area contributed by atoms with Gasteiger partial charge in [0, 0.05) is 38.4 Å². The molecule has 1 aromatic rings. The smallest absolute Gasteiger partial charge is 0.112 e. The van der Waals surface area contributed by atoms with Gasteiger partial charge in [-0.2, -0.15) is 0 Å². The van der Waals surface area contributed by atoms with E-state index >= 15 is 0 Å². The Bertz CT molecular complexity index is 392. The molecule has 0 unspecified atom stereocenters. The molecule has 1 saturated heterocycles. The largest absolute Gasteiger partial charge is 0.338 e. The summed E-state index contributed by atoms with van der Waals surface area (Å²) in [5.41, 5.74) is 0. The Morgan fingerprint density at radius 3 is 2.74 bits per heavy atom. The molecular weight excluding hydrogens is 234 g/mol. The summed E-state index contributed by atoms with van der Waals surface area (Å²) in [4.78, 5) is 7.26. The van der Waals surface area contributed by atoms with Crippen molar-refractivity contribution in [3.63, 3.8) is 0 Å². The van der Waals surface area contributed by atoms with Crippen molar-refractivity contribution in [1.82, 2.24) is 14.5 Å². The number of aromatic nitrogens is 2. The predicted octanol–water partition coefficient (Wildman–Crippen LogP) is 3.18. The molecule has 1 aromatic heterocycles. The summed E-state index contributed by atoms with van der Waals surface area (Å²) in [6.45, 7) is 3.86. The zero-order chi connectivity index (χ0) is 13.1. The van der Waals surface area contributed by atoms with E-state index in [2.05, 4.69) is 27.7 Å². The molecule has 0 bridgehead atoms. The van der Waals surface area contributed by atoms with E-state index in [1.54, 1.807) is 0 Å². The molecule has 3 nitrogen and oxygen atoms in total. The van der Waals surface area contributed by atoms with Crippen LogP contribution in [-0.4, -0.2) is 34.1 Å². The molecule has 1 saturated carbocycles. The molecule has 2 aliphatic rings. The molecule has 0 N–H and O–H groups in total. The summed E-state index contributed by atoms with van der Waals surface area (Å²) in [6, 6.07) is 0. The highest BCUT2D eigenvalue weighted by Crippen LogP contribution is 2.29. The predicted molar refractivity (Wildman–Crippen MR) is 78.2 cm³/mol. The molecule has 19 heavy (non-hydrogen) atoms. The van der Waals surface area contributed by atoms with Crippen molar-refractivity contribution in [2.24, 2.45) is 13.0 Å². The van der Waals surface area contributed by atoms with Crippen molar-refractivity contribution >= 4 is 0 Å². The number of piperidine rings is 1. The average Bonchev–Trinajstić information content (AvgIpc) is 2.86. The molecule has 1 aliphatic carbocycles. The minimum absolute atomic E-state index is 0.650. The standard InChI is InChI=1S/C16H27N3/c1-18-11-9-17-16(18)15-8-5-10-19(13-15)12-14-6-3-2-4-7-14/h9,11,14-15H,2-8,10,12-13H2,1H3/t15-/m1/s1. The molecule has 2 fully saturated rings. The fourth-order valence-electron chi connectivity index (χ4n) is 3.94. The molecule has 3 heteroatoms. The molecule has 3 rings (SSSR count). The van der Waals surface area contributed by atoms with Crippen molar-refractivity contribution in [3.8, 4) is 0 Å². The van der Waals surface area contributed by atoms with Crippen LogP contribution >= 0.6 is 0 Å². The third kappa shape index (κ3) is 3.19. The Morgan fingerprint density at radius 2 is 2.00 bits per heavy atom. The minimum atomic E-state index is 0.650. The van der Waals surface area contributed by atoms with Crippen molar-refractivity contribution in [2.45, 2.75) is 50.9 Å². The van der Waals surface area contributed by atoms with Crippen LogP contribution in [0.15, 0.2) is 12.4 Å². The van der Waals surface area contributed by atoms with E-state index in [4.69, 9.17) is 0 Å². The normalized spacial score (nSPS) is 26.7. The van der Waals surface area contributed by atoms with Crippen molar-refractivity contribution in [3.05, 3.63) is 18.2 Å². The second-order valence-corrected chi connectivity index (χ2v) is 6.50.